The molecule has 0 N–H and O–H groups in total. The quantitative estimate of drug-likeness (QED) is 0.446. The van der Waals surface area contributed by atoms with E-state index in [2.05, 4.69) is 54.0 Å². The number of alkyl halides is 1. The zero-order chi connectivity index (χ0) is 12.5. The first-order valence-corrected chi connectivity index (χ1v) is 7.98. The average molecular weight is 297 g/mol. The average Bonchev–Trinajstić information content (AvgIpc) is 2.30. The van der Waals surface area contributed by atoms with Gasteiger partial charge in [-0.25, -0.2) is 0 Å². The first kappa shape index (κ1) is 14.8. The molecule has 0 aliphatic rings. The molecule has 0 radical (unpaired) electrons. The van der Waals surface area contributed by atoms with E-state index in [9.17, 15) is 0 Å². The van der Waals surface area contributed by atoms with Crippen LogP contribution in [0.2, 0.25) is 0 Å². The van der Waals surface area contributed by atoms with Gasteiger partial charge in [0.1, 0.15) is 0 Å². The Labute approximate surface area is 115 Å². The summed E-state index contributed by atoms with van der Waals surface area (Å²) >= 11 is 3.47. The molecular formula is C16H25Br. The van der Waals surface area contributed by atoms with Crippen LogP contribution in [0.4, 0.5) is 0 Å². The van der Waals surface area contributed by atoms with Gasteiger partial charge in [0.15, 0.2) is 0 Å². The molecule has 1 aromatic rings. The van der Waals surface area contributed by atoms with E-state index in [0.29, 0.717) is 0 Å². The van der Waals surface area contributed by atoms with Crippen LogP contribution in [0.5, 0.6) is 0 Å². The molecule has 0 fully saturated rings. The number of hydrogen-bond donors (Lipinski definition) is 0. The van der Waals surface area contributed by atoms with Gasteiger partial charge in [-0.2, -0.15) is 0 Å². The third kappa shape index (κ3) is 6.88. The summed E-state index contributed by atoms with van der Waals surface area (Å²) in [6.07, 6.45) is 7.80. The number of rotatable bonds is 8. The minimum atomic E-state index is 0.755. The fraction of sp³-hybridized carbons (Fsp3) is 0.625. The van der Waals surface area contributed by atoms with E-state index in [-0.39, 0.29) is 0 Å². The topological polar surface area (TPSA) is 0 Å². The van der Waals surface area contributed by atoms with E-state index in [4.69, 9.17) is 0 Å². The molecule has 1 heteroatoms. The van der Waals surface area contributed by atoms with Gasteiger partial charge in [-0.3, -0.25) is 0 Å². The van der Waals surface area contributed by atoms with E-state index in [1.165, 1.54) is 49.7 Å². The van der Waals surface area contributed by atoms with Gasteiger partial charge >= 0.3 is 0 Å². The molecule has 0 atom stereocenters. The Kier molecular flexibility index (Phi) is 7.59. The Balaban J connectivity index is 2.25. The van der Waals surface area contributed by atoms with Gasteiger partial charge in [0, 0.05) is 5.33 Å². The van der Waals surface area contributed by atoms with Gasteiger partial charge in [0.25, 0.3) is 0 Å². The van der Waals surface area contributed by atoms with E-state index in [1.54, 1.807) is 0 Å². The molecule has 0 unspecified atom stereocenters. The lowest BCUT2D eigenvalue weighted by molar-refractivity contribution is 0.646. The lowest BCUT2D eigenvalue weighted by atomic mass is 10.00. The number of aryl methyl sites for hydroxylation is 1. The highest BCUT2D eigenvalue weighted by Gasteiger charge is 1.98. The fourth-order valence-corrected chi connectivity index (χ4v) is 2.49. The van der Waals surface area contributed by atoms with Crippen molar-refractivity contribution in [2.75, 3.05) is 5.33 Å². The summed E-state index contributed by atoms with van der Waals surface area (Å²) in [5, 5.41) is 1.15. The molecule has 0 aromatic heterocycles. The highest BCUT2D eigenvalue weighted by molar-refractivity contribution is 9.09. The minimum absolute atomic E-state index is 0.755. The first-order chi connectivity index (χ1) is 8.22. The van der Waals surface area contributed by atoms with Crippen LogP contribution in [0.3, 0.4) is 0 Å². The van der Waals surface area contributed by atoms with Crippen LogP contribution in [0, 0.1) is 5.92 Å². The Morgan fingerprint density at radius 3 is 2.06 bits per heavy atom. The van der Waals surface area contributed by atoms with Gasteiger partial charge in [-0.15, -0.1) is 0 Å². The third-order valence-corrected chi connectivity index (χ3v) is 3.58. The highest BCUT2D eigenvalue weighted by Crippen LogP contribution is 2.12. The van der Waals surface area contributed by atoms with E-state index in [0.717, 1.165) is 11.2 Å². The predicted molar refractivity (Wildman–Crippen MR) is 81.0 cm³/mol. The number of benzene rings is 1. The van der Waals surface area contributed by atoms with Crippen LogP contribution < -0.4 is 0 Å². The van der Waals surface area contributed by atoms with E-state index < -0.39 is 0 Å². The fourth-order valence-electron chi connectivity index (χ4n) is 2.09. The molecule has 1 aromatic carbocycles. The summed E-state index contributed by atoms with van der Waals surface area (Å²) in [6.45, 7) is 4.55. The van der Waals surface area contributed by atoms with Crippen LogP contribution in [-0.4, -0.2) is 5.33 Å². The van der Waals surface area contributed by atoms with Crippen molar-refractivity contribution in [1.29, 1.82) is 0 Å². The van der Waals surface area contributed by atoms with Crippen molar-refractivity contribution in [2.45, 2.75) is 52.4 Å². The molecular weight excluding hydrogens is 272 g/mol. The molecule has 0 bridgehead atoms. The van der Waals surface area contributed by atoms with Crippen LogP contribution >= 0.6 is 15.9 Å². The Morgan fingerprint density at radius 1 is 0.882 bits per heavy atom. The van der Waals surface area contributed by atoms with Crippen molar-refractivity contribution < 1.29 is 0 Å². The van der Waals surface area contributed by atoms with Gasteiger partial charge in [0.05, 0.1) is 0 Å². The number of halogens is 1. The summed E-state index contributed by atoms with van der Waals surface area (Å²) in [4.78, 5) is 0. The van der Waals surface area contributed by atoms with Crippen LogP contribution in [0.1, 0.15) is 50.7 Å². The Morgan fingerprint density at radius 2 is 1.47 bits per heavy atom. The van der Waals surface area contributed by atoms with Crippen molar-refractivity contribution in [2.24, 2.45) is 5.92 Å². The molecule has 0 amide bonds. The standard InChI is InChI=1S/C16H25Br/c1-14(2)13-16-10-8-15(9-11-16)7-5-3-4-6-12-17/h8-11,14H,3-7,12-13H2,1-2H3. The highest BCUT2D eigenvalue weighted by atomic mass is 79.9. The van der Waals surface area contributed by atoms with Crippen molar-refractivity contribution in [3.63, 3.8) is 0 Å². The maximum Gasteiger partial charge on any atom is 0.00313 e. The molecule has 1 rings (SSSR count). The summed E-state index contributed by atoms with van der Waals surface area (Å²) < 4.78 is 0. The zero-order valence-electron chi connectivity index (χ0n) is 11.2. The second-order valence-corrected chi connectivity index (χ2v) is 6.06. The monoisotopic (exact) mass is 296 g/mol. The van der Waals surface area contributed by atoms with Crippen LogP contribution in [-0.2, 0) is 12.8 Å². The second-order valence-electron chi connectivity index (χ2n) is 5.27. The molecule has 0 aliphatic heterocycles. The van der Waals surface area contributed by atoms with Crippen LogP contribution in [0.25, 0.3) is 0 Å². The summed E-state index contributed by atoms with van der Waals surface area (Å²) in [5.41, 5.74) is 2.97. The lowest BCUT2D eigenvalue weighted by Crippen LogP contribution is -1.94. The van der Waals surface area contributed by atoms with Crippen molar-refractivity contribution in [3.8, 4) is 0 Å². The minimum Gasteiger partial charge on any atom is -0.0928 e. The largest absolute Gasteiger partial charge is 0.0928 e. The Bertz CT molecular complexity index is 287. The van der Waals surface area contributed by atoms with Crippen molar-refractivity contribution >= 4 is 15.9 Å². The molecule has 0 aliphatic carbocycles. The van der Waals surface area contributed by atoms with E-state index in [1.807, 2.05) is 0 Å². The van der Waals surface area contributed by atoms with Gasteiger partial charge in [-0.1, -0.05) is 66.9 Å². The molecule has 0 heterocycles. The normalized spacial score (nSPS) is 11.1. The SMILES string of the molecule is CC(C)Cc1ccc(CCCCCCBr)cc1. The lowest BCUT2D eigenvalue weighted by Gasteiger charge is -2.06. The molecule has 0 nitrogen and oxygen atoms in total. The maximum absolute atomic E-state index is 3.47. The smallest absolute Gasteiger partial charge is 0.00313 e. The van der Waals surface area contributed by atoms with Gasteiger partial charge in [-0.05, 0) is 42.7 Å². The summed E-state index contributed by atoms with van der Waals surface area (Å²) in [5.74, 6) is 0.755. The third-order valence-electron chi connectivity index (χ3n) is 3.02. The first-order valence-electron chi connectivity index (χ1n) is 6.86. The molecule has 96 valence electrons. The van der Waals surface area contributed by atoms with E-state index >= 15 is 0 Å². The van der Waals surface area contributed by atoms with Crippen LogP contribution in [0.15, 0.2) is 24.3 Å². The molecule has 0 saturated heterocycles. The predicted octanol–water partition coefficient (Wildman–Crippen LogP) is 5.38. The maximum atomic E-state index is 3.47. The summed E-state index contributed by atoms with van der Waals surface area (Å²) in [6, 6.07) is 9.21. The van der Waals surface area contributed by atoms with Gasteiger partial charge < -0.3 is 0 Å². The van der Waals surface area contributed by atoms with Crippen molar-refractivity contribution in [3.05, 3.63) is 35.4 Å². The van der Waals surface area contributed by atoms with Crippen molar-refractivity contribution in [1.82, 2.24) is 0 Å². The second kappa shape index (κ2) is 8.74. The number of hydrogen-bond acceptors (Lipinski definition) is 0. The number of unbranched alkanes of at least 4 members (excludes halogenated alkanes) is 3. The molecule has 17 heavy (non-hydrogen) atoms. The molecule has 0 saturated carbocycles. The van der Waals surface area contributed by atoms with Gasteiger partial charge in [0.2, 0.25) is 0 Å². The Hall–Kier alpha value is -0.300. The molecule has 0 spiro atoms. The zero-order valence-corrected chi connectivity index (χ0v) is 12.8. The summed E-state index contributed by atoms with van der Waals surface area (Å²) in [7, 11) is 0.